The Bertz CT molecular complexity index is 327. The van der Waals surface area contributed by atoms with Gasteiger partial charge in [-0.05, 0) is 26.3 Å². The fourth-order valence-corrected chi connectivity index (χ4v) is 2.54. The lowest BCUT2D eigenvalue weighted by Gasteiger charge is -2.52. The molecule has 5 nitrogen and oxygen atoms in total. The molecule has 1 aliphatic carbocycles. The quantitative estimate of drug-likeness (QED) is 0.286. The van der Waals surface area contributed by atoms with Gasteiger partial charge in [-0.15, -0.1) is 0 Å². The van der Waals surface area contributed by atoms with E-state index in [-0.39, 0.29) is 16.7 Å². The molecule has 1 saturated carbocycles. The van der Waals surface area contributed by atoms with E-state index in [0.29, 0.717) is 12.1 Å². The van der Waals surface area contributed by atoms with Gasteiger partial charge in [-0.1, -0.05) is 32.9 Å². The Kier molecular flexibility index (Phi) is 5.21. The van der Waals surface area contributed by atoms with Crippen molar-refractivity contribution in [1.82, 2.24) is 5.32 Å². The summed E-state index contributed by atoms with van der Waals surface area (Å²) in [5.41, 5.74) is 5.58. The van der Waals surface area contributed by atoms with Crippen LogP contribution in [0.3, 0.4) is 0 Å². The van der Waals surface area contributed by atoms with Crippen LogP contribution in [0.5, 0.6) is 0 Å². The molecule has 0 bridgehead atoms. The van der Waals surface area contributed by atoms with E-state index in [0.717, 1.165) is 26.0 Å². The van der Waals surface area contributed by atoms with Crippen LogP contribution in [0.25, 0.3) is 0 Å². The molecule has 2 atom stereocenters. The standard InChI is InChI=1S/C14H29N3O2/c1-6-19-11-9-10(14(11,4)5)16-8-7-13(2,3)12(15)17-18/h10-11,16,18H,6-9H2,1-5H3,(H2,15,17). The summed E-state index contributed by atoms with van der Waals surface area (Å²) in [7, 11) is 0. The van der Waals surface area contributed by atoms with Gasteiger partial charge < -0.3 is 21.0 Å². The fourth-order valence-electron chi connectivity index (χ4n) is 2.54. The lowest BCUT2D eigenvalue weighted by atomic mass is 9.64. The number of nitrogens with one attached hydrogen (secondary N) is 1. The van der Waals surface area contributed by atoms with Crippen LogP contribution in [-0.4, -0.2) is 36.3 Å². The van der Waals surface area contributed by atoms with Crippen molar-refractivity contribution in [2.45, 2.75) is 59.6 Å². The first-order valence-corrected chi connectivity index (χ1v) is 7.08. The molecule has 0 radical (unpaired) electrons. The van der Waals surface area contributed by atoms with Crippen molar-refractivity contribution in [3.63, 3.8) is 0 Å². The zero-order valence-corrected chi connectivity index (χ0v) is 12.9. The van der Waals surface area contributed by atoms with Crippen LogP contribution >= 0.6 is 0 Å². The summed E-state index contributed by atoms with van der Waals surface area (Å²) >= 11 is 0. The maximum Gasteiger partial charge on any atom is 0.144 e. The van der Waals surface area contributed by atoms with Crippen LogP contribution in [0.1, 0.15) is 47.5 Å². The summed E-state index contributed by atoms with van der Waals surface area (Å²) in [5, 5.41) is 15.4. The highest BCUT2D eigenvalue weighted by atomic mass is 16.5. The van der Waals surface area contributed by atoms with Gasteiger partial charge in [0.1, 0.15) is 5.84 Å². The second kappa shape index (κ2) is 6.09. The van der Waals surface area contributed by atoms with Crippen molar-refractivity contribution in [1.29, 1.82) is 0 Å². The highest BCUT2D eigenvalue weighted by Gasteiger charge is 2.48. The van der Waals surface area contributed by atoms with Crippen LogP contribution < -0.4 is 11.1 Å². The van der Waals surface area contributed by atoms with Gasteiger partial charge in [0.25, 0.3) is 0 Å². The third kappa shape index (κ3) is 3.60. The Hall–Kier alpha value is -0.810. The van der Waals surface area contributed by atoms with E-state index in [4.69, 9.17) is 15.7 Å². The Labute approximate surface area is 116 Å². The summed E-state index contributed by atoms with van der Waals surface area (Å²) in [6, 6.07) is 0.479. The average Bonchev–Trinajstić information content (AvgIpc) is 2.35. The first-order valence-electron chi connectivity index (χ1n) is 7.08. The molecule has 0 aromatic rings. The number of amidine groups is 1. The minimum absolute atomic E-state index is 0.177. The predicted octanol–water partition coefficient (Wildman–Crippen LogP) is 1.94. The number of oxime groups is 1. The molecule has 0 aliphatic heterocycles. The molecule has 4 N–H and O–H groups in total. The first-order chi connectivity index (χ1) is 8.75. The highest BCUT2D eigenvalue weighted by Crippen LogP contribution is 2.42. The van der Waals surface area contributed by atoms with E-state index < -0.39 is 0 Å². The molecule has 2 unspecified atom stereocenters. The van der Waals surface area contributed by atoms with E-state index in [2.05, 4.69) is 24.3 Å². The highest BCUT2D eigenvalue weighted by molar-refractivity contribution is 5.85. The third-order valence-corrected chi connectivity index (χ3v) is 4.49. The van der Waals surface area contributed by atoms with E-state index >= 15 is 0 Å². The lowest BCUT2D eigenvalue weighted by molar-refractivity contribution is -0.114. The first kappa shape index (κ1) is 16.2. The Morgan fingerprint density at radius 2 is 2.16 bits per heavy atom. The van der Waals surface area contributed by atoms with Crippen LogP contribution in [0.15, 0.2) is 5.16 Å². The van der Waals surface area contributed by atoms with E-state index in [1.807, 2.05) is 20.8 Å². The molecule has 0 aromatic carbocycles. The number of hydrogen-bond donors (Lipinski definition) is 3. The Balaban J connectivity index is 2.36. The van der Waals surface area contributed by atoms with Crippen molar-refractivity contribution < 1.29 is 9.94 Å². The van der Waals surface area contributed by atoms with Gasteiger partial charge in [0, 0.05) is 23.5 Å². The third-order valence-electron chi connectivity index (χ3n) is 4.49. The average molecular weight is 271 g/mol. The van der Waals surface area contributed by atoms with E-state index in [9.17, 15) is 0 Å². The number of hydrogen-bond acceptors (Lipinski definition) is 4. The monoisotopic (exact) mass is 271 g/mol. The largest absolute Gasteiger partial charge is 0.409 e. The second-order valence-corrected chi connectivity index (χ2v) is 6.63. The van der Waals surface area contributed by atoms with Crippen LogP contribution in [-0.2, 0) is 4.74 Å². The maximum absolute atomic E-state index is 8.74. The van der Waals surface area contributed by atoms with Gasteiger partial charge in [0.05, 0.1) is 6.10 Å². The molecule has 5 heteroatoms. The zero-order chi connectivity index (χ0) is 14.7. The second-order valence-electron chi connectivity index (χ2n) is 6.63. The minimum Gasteiger partial charge on any atom is -0.409 e. The summed E-state index contributed by atoms with van der Waals surface area (Å²) in [6.07, 6.45) is 2.26. The molecule has 0 saturated heterocycles. The van der Waals surface area contributed by atoms with Gasteiger partial charge >= 0.3 is 0 Å². The predicted molar refractivity (Wildman–Crippen MR) is 77.4 cm³/mol. The minimum atomic E-state index is -0.283. The van der Waals surface area contributed by atoms with E-state index in [1.165, 1.54) is 0 Å². The number of rotatable bonds is 7. The molecule has 19 heavy (non-hydrogen) atoms. The molecule has 1 fully saturated rings. The summed E-state index contributed by atoms with van der Waals surface area (Å²) in [4.78, 5) is 0. The van der Waals surface area contributed by atoms with Gasteiger partial charge in [-0.2, -0.15) is 0 Å². The smallest absolute Gasteiger partial charge is 0.144 e. The molecule has 1 rings (SSSR count). The van der Waals surface area contributed by atoms with Crippen LogP contribution in [0, 0.1) is 10.8 Å². The molecular weight excluding hydrogens is 242 g/mol. The number of nitrogens with zero attached hydrogens (tertiary/aromatic N) is 1. The van der Waals surface area contributed by atoms with Crippen LogP contribution in [0.2, 0.25) is 0 Å². The van der Waals surface area contributed by atoms with Gasteiger partial charge in [0.15, 0.2) is 0 Å². The SMILES string of the molecule is CCOC1CC(NCCC(C)(C)C(N)=NO)C1(C)C. The number of nitrogens with two attached hydrogens (primary N) is 1. The molecular formula is C14H29N3O2. The van der Waals surface area contributed by atoms with E-state index in [1.54, 1.807) is 0 Å². The fraction of sp³-hybridized carbons (Fsp3) is 0.929. The molecule has 0 aromatic heterocycles. The van der Waals surface area contributed by atoms with Crippen molar-refractivity contribution in [3.05, 3.63) is 0 Å². The normalized spacial score (nSPS) is 27.1. The molecule has 0 heterocycles. The topological polar surface area (TPSA) is 79.9 Å². The molecule has 112 valence electrons. The molecule has 0 spiro atoms. The Morgan fingerprint density at radius 1 is 1.53 bits per heavy atom. The summed E-state index contributed by atoms with van der Waals surface area (Å²) in [5.74, 6) is 0.286. The van der Waals surface area contributed by atoms with Crippen molar-refractivity contribution in [2.75, 3.05) is 13.2 Å². The van der Waals surface area contributed by atoms with Gasteiger partial charge in [0.2, 0.25) is 0 Å². The van der Waals surface area contributed by atoms with Gasteiger partial charge in [-0.3, -0.25) is 0 Å². The van der Waals surface area contributed by atoms with Crippen LogP contribution in [0.4, 0.5) is 0 Å². The molecule has 1 aliphatic rings. The van der Waals surface area contributed by atoms with Gasteiger partial charge in [-0.25, -0.2) is 0 Å². The number of ether oxygens (including phenoxy) is 1. The zero-order valence-electron chi connectivity index (χ0n) is 12.9. The summed E-state index contributed by atoms with van der Waals surface area (Å²) < 4.78 is 5.71. The summed E-state index contributed by atoms with van der Waals surface area (Å²) in [6.45, 7) is 12.1. The van der Waals surface area contributed by atoms with Crippen molar-refractivity contribution in [2.24, 2.45) is 21.7 Å². The Morgan fingerprint density at radius 3 is 2.63 bits per heavy atom. The lowest BCUT2D eigenvalue weighted by Crippen LogP contribution is -2.61. The maximum atomic E-state index is 8.74. The molecule has 0 amide bonds. The van der Waals surface area contributed by atoms with Crippen molar-refractivity contribution in [3.8, 4) is 0 Å². The van der Waals surface area contributed by atoms with Crippen molar-refractivity contribution >= 4 is 5.84 Å².